The summed E-state index contributed by atoms with van der Waals surface area (Å²) in [5, 5.41) is 47.5. The Hall–Kier alpha value is -13.5. The highest BCUT2D eigenvalue weighted by Crippen LogP contribution is 2.41. The molecule has 8 N–H and O–H groups in total. The van der Waals surface area contributed by atoms with Gasteiger partial charge in [-0.3, -0.25) is 54.8 Å². The number of rotatable bonds is 26. The number of ether oxygens (including phenoxy) is 1. The molecule has 3 saturated carbocycles. The van der Waals surface area contributed by atoms with Crippen LogP contribution in [-0.2, 0) is 74.8 Å². The fraction of sp³-hybridized carbons (Fsp3) is 0.354. The maximum Gasteiger partial charge on any atom is 0.416 e. The molecule has 704 valence electrons. The molecule has 12 aromatic rings. The number of nitrogens with zero attached hydrogens (tertiary/aromatic N) is 9. The first-order valence-corrected chi connectivity index (χ1v) is 43.6. The number of halogens is 12. The van der Waals surface area contributed by atoms with Gasteiger partial charge in [-0.15, -0.1) is 0 Å². The molecule has 17 rings (SSSR count). The average Bonchev–Trinajstić information content (AvgIpc) is 1.69. The van der Waals surface area contributed by atoms with Gasteiger partial charge < -0.3 is 48.3 Å². The zero-order valence-corrected chi connectivity index (χ0v) is 72.0. The third-order valence-electron chi connectivity index (χ3n) is 23.7. The van der Waals surface area contributed by atoms with E-state index in [-0.39, 0.29) is 114 Å². The number of likely N-dealkylation sites (tertiary alicyclic amines) is 1. The number of nitrogens with one attached hydrogen (secondary N) is 4. The number of hydrogen-bond donors (Lipinski definition) is 8. The van der Waals surface area contributed by atoms with E-state index < -0.39 is 76.6 Å². The van der Waals surface area contributed by atoms with Crippen molar-refractivity contribution in [1.29, 1.82) is 0 Å². The summed E-state index contributed by atoms with van der Waals surface area (Å²) in [6.07, 6.45) is -6.12. The number of aryl methyl sites for hydroxylation is 4. The monoisotopic (exact) mass is 1860 g/mol. The van der Waals surface area contributed by atoms with Crippen LogP contribution in [0.5, 0.6) is 0 Å². The van der Waals surface area contributed by atoms with E-state index >= 15 is 0 Å². The topological polar surface area (TPSA) is 349 Å². The van der Waals surface area contributed by atoms with Crippen molar-refractivity contribution in [2.24, 2.45) is 5.92 Å². The van der Waals surface area contributed by atoms with Gasteiger partial charge in [0.2, 0.25) is 29.7 Å². The minimum atomic E-state index is -4.57. The third kappa shape index (κ3) is 23.4. The van der Waals surface area contributed by atoms with Crippen LogP contribution in [0.2, 0.25) is 0 Å². The Morgan fingerprint density at radius 2 is 0.769 bits per heavy atom. The predicted octanol–water partition coefficient (Wildman–Crippen LogP) is 17.9. The minimum Gasteiger partial charge on any atom is -0.458 e. The summed E-state index contributed by atoms with van der Waals surface area (Å²) in [5.74, 6) is -1.72. The average molecular weight is 1860 g/mol. The van der Waals surface area contributed by atoms with E-state index in [0.717, 1.165) is 134 Å². The first-order valence-electron chi connectivity index (χ1n) is 43.6. The number of piperidine rings is 1. The number of cyclic esters (lactones) is 1. The third-order valence-corrected chi connectivity index (χ3v) is 23.7. The summed E-state index contributed by atoms with van der Waals surface area (Å²) in [4.78, 5) is 119. The van der Waals surface area contributed by atoms with Gasteiger partial charge in [0.15, 0.2) is 0 Å². The van der Waals surface area contributed by atoms with Crippen LogP contribution in [0, 0.1) is 5.92 Å². The number of hydrogen-bond acceptors (Lipinski definition) is 17. The molecule has 3 aliphatic carbocycles. The number of aliphatic hydroxyl groups excluding tert-OH is 4. The Morgan fingerprint density at radius 1 is 0.403 bits per heavy atom. The molecule has 2 aliphatic heterocycles. The first kappa shape index (κ1) is 96.6. The molecule has 1 saturated heterocycles. The van der Waals surface area contributed by atoms with Crippen LogP contribution in [0.1, 0.15) is 200 Å². The summed E-state index contributed by atoms with van der Waals surface area (Å²) < 4.78 is 168. The molecule has 4 aromatic heterocycles. The van der Waals surface area contributed by atoms with E-state index in [4.69, 9.17) is 4.74 Å². The molecule has 5 amide bonds. The van der Waals surface area contributed by atoms with Gasteiger partial charge in [0.1, 0.15) is 18.2 Å². The van der Waals surface area contributed by atoms with Crippen LogP contribution in [0.15, 0.2) is 176 Å². The van der Waals surface area contributed by atoms with Crippen LogP contribution in [0.3, 0.4) is 0 Å². The lowest BCUT2D eigenvalue weighted by molar-refractivity contribution is -0.138. The largest absolute Gasteiger partial charge is 0.458 e. The van der Waals surface area contributed by atoms with Crippen molar-refractivity contribution in [2.75, 3.05) is 67.4 Å². The van der Waals surface area contributed by atoms with E-state index in [1.165, 1.54) is 61.4 Å². The second-order valence-corrected chi connectivity index (χ2v) is 33.2. The zero-order valence-electron chi connectivity index (χ0n) is 72.0. The SMILES string of the molecule is O=C(Nc1nc2cc(C3CCCCC3=O)ccc2n1CCCO)c1cccc(C(F)(F)F)c1.O=C(Nc1nc2cc(C3CCCN(CC4CC4)C3=O)ccc2n1CCCO)c1cccc(C(F)(F)F)c1.O=C1C=C(c2ccc3c(c2)nc(NC(=O)c2cccc(C(F)(F)F)c2)n3CCCO)CO1.O=C1CCC(c2ccc3c(c2)nc(NC(=O)c2cccc(C(F)(F)F)c2)n3CCCO)C1. The fourth-order valence-corrected chi connectivity index (χ4v) is 16.7. The Labute approximate surface area is 757 Å². The molecule has 0 radical (unpaired) electrons. The molecule has 3 unspecified atom stereocenters. The Morgan fingerprint density at radius 3 is 1.12 bits per heavy atom. The molecule has 6 heterocycles. The number of alkyl halides is 12. The van der Waals surface area contributed by atoms with Crippen LogP contribution in [0.25, 0.3) is 49.7 Å². The summed E-state index contributed by atoms with van der Waals surface area (Å²) >= 11 is 0. The predicted molar refractivity (Wildman–Crippen MR) is 471 cm³/mol. The highest BCUT2D eigenvalue weighted by atomic mass is 19.4. The van der Waals surface area contributed by atoms with Gasteiger partial charge in [-0.05, 0) is 226 Å². The van der Waals surface area contributed by atoms with Crippen molar-refractivity contribution >= 4 is 121 Å². The number of Topliss-reactive ketones (excluding diaryl/α,β-unsaturated/α-hetero) is 2. The lowest BCUT2D eigenvalue weighted by Crippen LogP contribution is -2.41. The Bertz CT molecular complexity index is 6430. The number of amides is 5. The fourth-order valence-electron chi connectivity index (χ4n) is 16.7. The number of carbonyl (C=O) groups excluding carboxylic acids is 8. The van der Waals surface area contributed by atoms with Crippen molar-refractivity contribution in [3.8, 4) is 0 Å². The van der Waals surface area contributed by atoms with Crippen molar-refractivity contribution in [3.63, 3.8) is 0 Å². The standard InChI is InChI=1S/C27H29F3N4O3.C24H24F3N3O3.C23H22F3N3O3.C22H18F3N3O4/c28-27(29,30)20-5-1-4-19(14-20)24(36)32-26-31-22-15-18(9-10-23(22)34(26)12-3-13-35)21-6-2-11-33(25(21)37)16-17-7-8-17;25-24(26,27)17-6-3-5-16(13-17)22(33)29-23-28-19-14-15(18-7-1-2-8-21(18)32)9-10-20(19)30(23)11-4-12-31;24-23(25,26)17-4-1-3-16(11-17)21(32)28-22-27-19-13-15(14-5-7-18(31)12-14)6-8-20(19)29(22)9-2-10-30;23-22(24,25)16-4-1-3-14(9-16)20(31)27-21-26-17-10-13(15-11-19(30)32-12-15)5-6-18(17)28(21)7-2-8-29/h1,4-5,9-10,14-15,17,21,35H,2-3,6-8,11-13,16H2,(H,31,32,36);3,5-6,9-10,13-14,18,31H,1-2,4,7-8,11-12H2,(H,28,29,33);1,3-4,6,8,11,13-14,30H,2,5,7,9-10,12H2,(H,27,28,32);1,3-6,9-11,29H,2,7-8,12H2,(H,26,27,31). The number of fused-ring (bicyclic) bond motifs is 4. The molecule has 3 atom stereocenters. The van der Waals surface area contributed by atoms with E-state index in [1.54, 1.807) is 36.5 Å². The smallest absolute Gasteiger partial charge is 0.416 e. The zero-order chi connectivity index (χ0) is 95.5. The summed E-state index contributed by atoms with van der Waals surface area (Å²) in [5.41, 5.74) is 4.98. The van der Waals surface area contributed by atoms with Gasteiger partial charge in [0.25, 0.3) is 23.6 Å². The molecule has 4 fully saturated rings. The normalized spacial score (nSPS) is 16.5. The maximum atomic E-state index is 13.2. The lowest BCUT2D eigenvalue weighted by atomic mass is 9.83. The molecule has 0 bridgehead atoms. The van der Waals surface area contributed by atoms with Crippen molar-refractivity contribution in [2.45, 2.75) is 165 Å². The highest BCUT2D eigenvalue weighted by Gasteiger charge is 2.38. The van der Waals surface area contributed by atoms with E-state index in [2.05, 4.69) is 41.2 Å². The van der Waals surface area contributed by atoms with Crippen LogP contribution < -0.4 is 21.3 Å². The van der Waals surface area contributed by atoms with E-state index in [9.17, 15) is 111 Å². The molecular weight excluding hydrogens is 1770 g/mol. The number of aromatic nitrogens is 8. The second kappa shape index (κ2) is 41.8. The van der Waals surface area contributed by atoms with E-state index in [0.29, 0.717) is 121 Å². The number of anilines is 4. The molecule has 38 heteroatoms. The summed E-state index contributed by atoms with van der Waals surface area (Å²) in [7, 11) is 0. The number of benzene rings is 8. The van der Waals surface area contributed by atoms with Gasteiger partial charge in [0, 0.05) is 125 Å². The number of esters is 1. The lowest BCUT2D eigenvalue weighted by Gasteiger charge is -2.32. The van der Waals surface area contributed by atoms with E-state index in [1.807, 2.05) is 59.5 Å². The second-order valence-electron chi connectivity index (χ2n) is 33.2. The number of carbonyl (C=O) groups is 8. The maximum absolute atomic E-state index is 13.2. The molecule has 5 aliphatic rings. The quantitative estimate of drug-likeness (QED) is 0.0184. The van der Waals surface area contributed by atoms with Crippen molar-refractivity contribution < 1.29 is 116 Å². The molecular formula is C96H93F12N13O13. The molecule has 26 nitrogen and oxygen atoms in total. The molecule has 0 spiro atoms. The van der Waals surface area contributed by atoms with Crippen molar-refractivity contribution in [1.82, 2.24) is 43.1 Å². The van der Waals surface area contributed by atoms with Gasteiger partial charge in [0.05, 0.1) is 72.3 Å². The molecule has 134 heavy (non-hydrogen) atoms. The van der Waals surface area contributed by atoms with Crippen LogP contribution in [0.4, 0.5) is 76.5 Å². The van der Waals surface area contributed by atoms with Gasteiger partial charge in [-0.25, -0.2) is 24.7 Å². The van der Waals surface area contributed by atoms with Gasteiger partial charge >= 0.3 is 30.7 Å². The minimum absolute atomic E-state index is 0.0665. The van der Waals surface area contributed by atoms with Crippen LogP contribution in [-0.4, -0.2) is 157 Å². The summed E-state index contributed by atoms with van der Waals surface area (Å²) in [6, 6.07) is 38.8. The Kier molecular flexibility index (Phi) is 30.1. The van der Waals surface area contributed by atoms with Gasteiger partial charge in [-0.1, -0.05) is 55.0 Å². The Balaban J connectivity index is 0.000000144. The number of aliphatic hydroxyl groups is 4. The van der Waals surface area contributed by atoms with Crippen LogP contribution >= 0.6 is 0 Å². The number of imidazole rings is 4. The van der Waals surface area contributed by atoms with Crippen molar-refractivity contribution in [3.05, 3.63) is 243 Å². The summed E-state index contributed by atoms with van der Waals surface area (Å²) in [6.45, 7) is 2.84. The van der Waals surface area contributed by atoms with Gasteiger partial charge in [-0.2, -0.15) is 52.7 Å². The number of ketones is 2. The highest BCUT2D eigenvalue weighted by molar-refractivity contribution is 6.07. The molecule has 8 aromatic carbocycles. The first-order chi connectivity index (χ1) is 64.0.